The highest BCUT2D eigenvalue weighted by atomic mass is 16.3. The van der Waals surface area contributed by atoms with E-state index in [0.29, 0.717) is 11.5 Å². The maximum absolute atomic E-state index is 9.90. The van der Waals surface area contributed by atoms with Crippen LogP contribution in [0.2, 0.25) is 0 Å². The second-order valence-corrected chi connectivity index (χ2v) is 8.47. The van der Waals surface area contributed by atoms with E-state index in [9.17, 15) is 5.11 Å². The molecule has 0 aromatic carbocycles. The van der Waals surface area contributed by atoms with Crippen molar-refractivity contribution >= 4 is 0 Å². The predicted molar refractivity (Wildman–Crippen MR) is 85.6 cm³/mol. The van der Waals surface area contributed by atoms with Gasteiger partial charge >= 0.3 is 0 Å². The molecule has 2 unspecified atom stereocenters. The maximum Gasteiger partial charge on any atom is 0.0905 e. The molecule has 4 rings (SSSR count). The first-order chi connectivity index (χ1) is 9.95. The molecule has 0 bridgehead atoms. The van der Waals surface area contributed by atoms with Gasteiger partial charge in [-0.1, -0.05) is 37.6 Å². The summed E-state index contributed by atoms with van der Waals surface area (Å²) >= 11 is 0. The molecule has 0 aromatic rings. The number of allylic oxidation sites excluding steroid dienone is 2. The van der Waals surface area contributed by atoms with Crippen LogP contribution in [0.5, 0.6) is 0 Å². The minimum absolute atomic E-state index is 0.191. The normalized spacial score (nSPS) is 55.4. The summed E-state index contributed by atoms with van der Waals surface area (Å²) in [5.41, 5.74) is 8.54. The lowest BCUT2D eigenvalue weighted by Crippen LogP contribution is -2.51. The van der Waals surface area contributed by atoms with Gasteiger partial charge in [0.15, 0.2) is 0 Å². The van der Waals surface area contributed by atoms with Gasteiger partial charge in [0.25, 0.3) is 0 Å². The van der Waals surface area contributed by atoms with E-state index in [4.69, 9.17) is 5.73 Å². The largest absolute Gasteiger partial charge is 0.385 e. The van der Waals surface area contributed by atoms with Gasteiger partial charge in [0.2, 0.25) is 0 Å². The lowest BCUT2D eigenvalue weighted by Gasteiger charge is -2.57. The molecular formula is C19H29NO. The summed E-state index contributed by atoms with van der Waals surface area (Å²) in [6, 6.07) is 0.414. The number of hydrogen-bond donors (Lipinski definition) is 2. The van der Waals surface area contributed by atoms with Crippen LogP contribution in [0, 0.1) is 28.6 Å². The van der Waals surface area contributed by atoms with Crippen molar-refractivity contribution in [2.75, 3.05) is 0 Å². The van der Waals surface area contributed by atoms with Crippen molar-refractivity contribution in [3.05, 3.63) is 23.8 Å². The van der Waals surface area contributed by atoms with Crippen LogP contribution >= 0.6 is 0 Å². The van der Waals surface area contributed by atoms with Crippen molar-refractivity contribution in [2.45, 2.75) is 64.5 Å². The summed E-state index contributed by atoms with van der Waals surface area (Å²) in [5.74, 6) is 2.41. The molecule has 4 aliphatic rings. The second-order valence-electron chi connectivity index (χ2n) is 8.47. The smallest absolute Gasteiger partial charge is 0.0905 e. The monoisotopic (exact) mass is 287 g/mol. The first-order valence-electron chi connectivity index (χ1n) is 8.79. The lowest BCUT2D eigenvalue weighted by atomic mass is 9.48. The molecule has 2 nitrogen and oxygen atoms in total. The fourth-order valence-corrected chi connectivity index (χ4v) is 6.36. The molecule has 0 amide bonds. The zero-order chi connectivity index (χ0) is 14.8. The van der Waals surface area contributed by atoms with E-state index >= 15 is 0 Å². The molecule has 0 aromatic heterocycles. The van der Waals surface area contributed by atoms with Gasteiger partial charge in [0.1, 0.15) is 0 Å². The molecule has 21 heavy (non-hydrogen) atoms. The van der Waals surface area contributed by atoms with Crippen molar-refractivity contribution in [3.63, 3.8) is 0 Å². The Morgan fingerprint density at radius 2 is 1.95 bits per heavy atom. The highest BCUT2D eigenvalue weighted by Gasteiger charge is 2.57. The number of fused-ring (bicyclic) bond motifs is 5. The summed E-state index contributed by atoms with van der Waals surface area (Å²) < 4.78 is 0. The van der Waals surface area contributed by atoms with Gasteiger partial charge in [-0.05, 0) is 61.7 Å². The Labute approximate surface area is 128 Å². The van der Waals surface area contributed by atoms with Crippen LogP contribution in [0.1, 0.15) is 52.4 Å². The Morgan fingerprint density at radius 1 is 1.14 bits per heavy atom. The number of aliphatic hydroxyl groups is 1. The van der Waals surface area contributed by atoms with Crippen LogP contribution in [-0.4, -0.2) is 17.3 Å². The van der Waals surface area contributed by atoms with E-state index in [0.717, 1.165) is 17.8 Å². The molecule has 7 atom stereocenters. The summed E-state index contributed by atoms with van der Waals surface area (Å²) in [4.78, 5) is 0. The Kier molecular flexibility index (Phi) is 2.97. The minimum atomic E-state index is -0.363. The summed E-state index contributed by atoms with van der Waals surface area (Å²) in [6.45, 7) is 4.87. The molecule has 2 heteroatoms. The van der Waals surface area contributed by atoms with Crippen LogP contribution in [0.4, 0.5) is 0 Å². The van der Waals surface area contributed by atoms with Crippen molar-refractivity contribution in [2.24, 2.45) is 34.3 Å². The minimum Gasteiger partial charge on any atom is -0.385 e. The topological polar surface area (TPSA) is 46.2 Å². The van der Waals surface area contributed by atoms with E-state index < -0.39 is 0 Å². The second kappa shape index (κ2) is 4.45. The van der Waals surface area contributed by atoms with E-state index in [2.05, 4.69) is 26.0 Å². The predicted octanol–water partition coefficient (Wildman–Crippen LogP) is 3.41. The SMILES string of the molecule is C[C@]12C=CC(O)C=C1CC[C@@H]1[C@H]2CC[C@]2(C)C(N)CC[C@@H]12. The van der Waals surface area contributed by atoms with Crippen LogP contribution in [-0.2, 0) is 0 Å². The Morgan fingerprint density at radius 3 is 2.76 bits per heavy atom. The van der Waals surface area contributed by atoms with Gasteiger partial charge in [-0.2, -0.15) is 0 Å². The molecule has 3 fully saturated rings. The third-order valence-corrected chi connectivity index (χ3v) is 7.73. The zero-order valence-electron chi connectivity index (χ0n) is 13.4. The first-order valence-corrected chi connectivity index (χ1v) is 8.79. The molecule has 0 radical (unpaired) electrons. The van der Waals surface area contributed by atoms with Crippen molar-refractivity contribution in [3.8, 4) is 0 Å². The number of aliphatic hydroxyl groups excluding tert-OH is 1. The van der Waals surface area contributed by atoms with Gasteiger partial charge in [0, 0.05) is 11.5 Å². The third-order valence-electron chi connectivity index (χ3n) is 7.73. The molecular weight excluding hydrogens is 258 g/mol. The van der Waals surface area contributed by atoms with Crippen LogP contribution in [0.3, 0.4) is 0 Å². The van der Waals surface area contributed by atoms with E-state index in [-0.39, 0.29) is 11.5 Å². The van der Waals surface area contributed by atoms with Crippen LogP contribution in [0.25, 0.3) is 0 Å². The summed E-state index contributed by atoms with van der Waals surface area (Å²) in [6.07, 6.45) is 13.7. The molecule has 0 spiro atoms. The Bertz CT molecular complexity index is 510. The van der Waals surface area contributed by atoms with E-state index in [1.54, 1.807) is 0 Å². The maximum atomic E-state index is 9.90. The summed E-state index contributed by atoms with van der Waals surface area (Å²) in [5, 5.41) is 9.90. The quantitative estimate of drug-likeness (QED) is 0.671. The number of nitrogens with two attached hydrogens (primary N) is 1. The van der Waals surface area contributed by atoms with Gasteiger partial charge in [-0.3, -0.25) is 0 Å². The Hall–Kier alpha value is -0.600. The average Bonchev–Trinajstić information content (AvgIpc) is 2.76. The lowest BCUT2D eigenvalue weighted by molar-refractivity contribution is -0.0219. The molecule has 0 aliphatic heterocycles. The van der Waals surface area contributed by atoms with E-state index in [1.165, 1.54) is 44.1 Å². The third kappa shape index (κ3) is 1.78. The molecule has 0 heterocycles. The number of hydrogen-bond acceptors (Lipinski definition) is 2. The van der Waals surface area contributed by atoms with Crippen molar-refractivity contribution in [1.82, 2.24) is 0 Å². The Balaban J connectivity index is 1.69. The van der Waals surface area contributed by atoms with Crippen LogP contribution in [0.15, 0.2) is 23.8 Å². The van der Waals surface area contributed by atoms with Gasteiger partial charge < -0.3 is 10.8 Å². The average molecular weight is 287 g/mol. The van der Waals surface area contributed by atoms with E-state index in [1.807, 2.05) is 6.08 Å². The van der Waals surface area contributed by atoms with Gasteiger partial charge in [-0.25, -0.2) is 0 Å². The molecule has 3 N–H and O–H groups in total. The first kappa shape index (κ1) is 14.0. The molecule has 116 valence electrons. The number of rotatable bonds is 0. The summed E-state index contributed by atoms with van der Waals surface area (Å²) in [7, 11) is 0. The van der Waals surface area contributed by atoms with Gasteiger partial charge in [0.05, 0.1) is 6.10 Å². The van der Waals surface area contributed by atoms with Crippen LogP contribution < -0.4 is 5.73 Å². The van der Waals surface area contributed by atoms with Crippen molar-refractivity contribution in [1.29, 1.82) is 0 Å². The molecule has 4 aliphatic carbocycles. The standard InChI is InChI=1S/C19H29NO/c1-18-9-7-13(21)11-12(18)3-4-14-15-5-6-17(20)19(15,2)10-8-16(14)18/h7,9,11,13-17,21H,3-6,8,10,20H2,1-2H3/t13?,14-,15-,16+,17?,18-,19-/m0/s1. The fraction of sp³-hybridized carbons (Fsp3) is 0.789. The fourth-order valence-electron chi connectivity index (χ4n) is 6.36. The molecule has 3 saturated carbocycles. The highest BCUT2D eigenvalue weighted by Crippen LogP contribution is 2.64. The zero-order valence-corrected chi connectivity index (χ0v) is 13.4. The van der Waals surface area contributed by atoms with Gasteiger partial charge in [-0.15, -0.1) is 0 Å². The van der Waals surface area contributed by atoms with Crippen molar-refractivity contribution < 1.29 is 5.11 Å². The molecule has 0 saturated heterocycles. The highest BCUT2D eigenvalue weighted by molar-refractivity contribution is 5.33.